The number of aliphatic hydroxyl groups is 1. The highest BCUT2D eigenvalue weighted by Gasteiger charge is 2.71. The van der Waals surface area contributed by atoms with Crippen LogP contribution in [0.4, 0.5) is 26.3 Å². The van der Waals surface area contributed by atoms with Gasteiger partial charge in [0.05, 0.1) is 16.7 Å². The van der Waals surface area contributed by atoms with Gasteiger partial charge in [0.2, 0.25) is 0 Å². The molecule has 34 heavy (non-hydrogen) atoms. The van der Waals surface area contributed by atoms with Crippen LogP contribution in [0.1, 0.15) is 47.3 Å². The van der Waals surface area contributed by atoms with Crippen LogP contribution in [-0.4, -0.2) is 37.5 Å². The first-order chi connectivity index (χ1) is 15.6. The van der Waals surface area contributed by atoms with Gasteiger partial charge in [-0.2, -0.15) is 26.3 Å². The first-order valence-corrected chi connectivity index (χ1v) is 11.8. The van der Waals surface area contributed by atoms with E-state index in [9.17, 15) is 44.7 Å². The number of carbonyl (C=O) groups excluding carboxylic acids is 1. The lowest BCUT2D eigenvalue weighted by molar-refractivity contribution is -0.376. The summed E-state index contributed by atoms with van der Waals surface area (Å²) in [6.07, 6.45) is -10.3. The van der Waals surface area contributed by atoms with Crippen LogP contribution in [0.5, 0.6) is 0 Å². The van der Waals surface area contributed by atoms with Crippen LogP contribution in [0.2, 0.25) is 0 Å². The summed E-state index contributed by atoms with van der Waals surface area (Å²) in [5, 5.41) is 12.0. The van der Waals surface area contributed by atoms with E-state index in [2.05, 4.69) is 5.32 Å². The molecule has 1 aliphatic carbocycles. The number of nitrogens with one attached hydrogen (secondary N) is 1. The molecule has 2 N–H and O–H groups in total. The highest BCUT2D eigenvalue weighted by atomic mass is 32.2. The lowest BCUT2D eigenvalue weighted by Crippen LogP contribution is -2.53. The van der Waals surface area contributed by atoms with E-state index in [4.69, 9.17) is 0 Å². The molecule has 0 radical (unpaired) electrons. The van der Waals surface area contributed by atoms with Crippen molar-refractivity contribution in [2.45, 2.75) is 48.7 Å². The fourth-order valence-corrected chi connectivity index (χ4v) is 5.07. The summed E-state index contributed by atoms with van der Waals surface area (Å²) >= 11 is 0. The Balaban J connectivity index is 1.72. The molecule has 2 aromatic rings. The molecular weight excluding hydrogens is 488 g/mol. The molecule has 0 bridgehead atoms. The minimum Gasteiger partial charge on any atom is -0.369 e. The molecular formula is C22H21F6NO4S. The van der Waals surface area contributed by atoms with Crippen molar-refractivity contribution in [3.8, 4) is 0 Å². The number of benzene rings is 2. The van der Waals surface area contributed by atoms with Crippen LogP contribution in [0.3, 0.4) is 0 Å². The maximum absolute atomic E-state index is 13.0. The Morgan fingerprint density at radius 2 is 1.47 bits per heavy atom. The summed E-state index contributed by atoms with van der Waals surface area (Å²) in [7, 11) is -3.41. The molecule has 1 saturated carbocycles. The number of sulfone groups is 1. The number of halogens is 6. The summed E-state index contributed by atoms with van der Waals surface area (Å²) in [6, 6.07) is 7.48. The van der Waals surface area contributed by atoms with Crippen molar-refractivity contribution in [3.63, 3.8) is 0 Å². The van der Waals surface area contributed by atoms with Crippen LogP contribution in [-0.2, 0) is 15.4 Å². The second kappa shape index (κ2) is 8.88. The molecule has 0 spiro atoms. The second-order valence-electron chi connectivity index (χ2n) is 8.27. The first kappa shape index (κ1) is 26.0. The topological polar surface area (TPSA) is 83.5 Å². The Hall–Kier alpha value is -2.60. The fourth-order valence-electron chi connectivity index (χ4n) is 3.37. The molecule has 5 nitrogen and oxygen atoms in total. The van der Waals surface area contributed by atoms with Gasteiger partial charge in [0.25, 0.3) is 11.5 Å². The Bertz CT molecular complexity index is 1120. The quantitative estimate of drug-likeness (QED) is 0.532. The lowest BCUT2D eigenvalue weighted by Gasteiger charge is -2.32. The molecule has 0 heterocycles. The van der Waals surface area contributed by atoms with Gasteiger partial charge in [-0.1, -0.05) is 24.3 Å². The molecule has 2 aromatic carbocycles. The third kappa shape index (κ3) is 5.22. The summed E-state index contributed by atoms with van der Waals surface area (Å²) in [5.41, 5.74) is -6.24. The average Bonchev–Trinajstić information content (AvgIpc) is 3.55. The summed E-state index contributed by atoms with van der Waals surface area (Å²) in [4.78, 5) is 12.6. The van der Waals surface area contributed by atoms with Crippen molar-refractivity contribution in [1.82, 2.24) is 5.32 Å². The standard InChI is InChI=1S/C22H21F6NO4S/c1-13(15-6-10-18(11-7-15)34(32,33)12-14-2-3-14)29-19(30)16-4-8-17(9-5-16)20(31,21(23,24)25)22(26,27)28/h4-11,13-14,31H,2-3,12H2,1H3,(H,29,30)/t13-/m0/s1. The van der Waals surface area contributed by atoms with Gasteiger partial charge < -0.3 is 10.4 Å². The van der Waals surface area contributed by atoms with Crippen LogP contribution in [0.25, 0.3) is 0 Å². The van der Waals surface area contributed by atoms with Crippen LogP contribution in [0, 0.1) is 5.92 Å². The fraction of sp³-hybridized carbons (Fsp3) is 0.409. The number of alkyl halides is 6. The third-order valence-corrected chi connectivity index (χ3v) is 7.52. The molecule has 1 atom stereocenters. The van der Waals surface area contributed by atoms with Gasteiger partial charge in [-0.25, -0.2) is 8.42 Å². The highest BCUT2D eigenvalue weighted by molar-refractivity contribution is 7.91. The predicted octanol–water partition coefficient (Wildman–Crippen LogP) is 4.67. The first-order valence-electron chi connectivity index (χ1n) is 10.2. The molecule has 0 unspecified atom stereocenters. The highest BCUT2D eigenvalue weighted by Crippen LogP contribution is 2.49. The third-order valence-electron chi connectivity index (χ3n) is 5.62. The van der Waals surface area contributed by atoms with Crippen molar-refractivity contribution in [1.29, 1.82) is 0 Å². The van der Waals surface area contributed by atoms with E-state index in [1.165, 1.54) is 24.3 Å². The minimum absolute atomic E-state index is 0.0758. The molecule has 0 aliphatic heterocycles. The maximum atomic E-state index is 13.0. The van der Waals surface area contributed by atoms with Gasteiger partial charge in [0.1, 0.15) is 0 Å². The zero-order chi connectivity index (χ0) is 25.5. The molecule has 186 valence electrons. The van der Waals surface area contributed by atoms with Gasteiger partial charge in [-0.3, -0.25) is 4.79 Å². The molecule has 1 aliphatic rings. The van der Waals surface area contributed by atoms with E-state index < -0.39 is 45.3 Å². The van der Waals surface area contributed by atoms with Gasteiger partial charge >= 0.3 is 12.4 Å². The number of hydrogen-bond donors (Lipinski definition) is 2. The van der Waals surface area contributed by atoms with Gasteiger partial charge in [-0.05, 0) is 55.5 Å². The van der Waals surface area contributed by atoms with Crippen LogP contribution < -0.4 is 5.32 Å². The summed E-state index contributed by atoms with van der Waals surface area (Å²) in [5.74, 6) is -0.531. The predicted molar refractivity (Wildman–Crippen MR) is 110 cm³/mol. The largest absolute Gasteiger partial charge is 0.430 e. The van der Waals surface area contributed by atoms with Crippen molar-refractivity contribution in [2.75, 3.05) is 5.75 Å². The summed E-state index contributed by atoms with van der Waals surface area (Å²) in [6.45, 7) is 1.58. The molecule has 1 amide bonds. The Labute approximate surface area is 191 Å². The lowest BCUT2D eigenvalue weighted by atomic mass is 9.91. The number of rotatable bonds is 7. The maximum Gasteiger partial charge on any atom is 0.430 e. The number of amides is 1. The van der Waals surface area contributed by atoms with Crippen LogP contribution in [0.15, 0.2) is 53.4 Å². The molecule has 12 heteroatoms. The Kier molecular flexibility index (Phi) is 6.79. The van der Waals surface area contributed by atoms with Crippen molar-refractivity contribution < 1.29 is 44.7 Å². The van der Waals surface area contributed by atoms with E-state index in [-0.39, 0.29) is 22.1 Å². The summed E-state index contributed by atoms with van der Waals surface area (Å²) < 4.78 is 103. The number of hydrogen-bond acceptors (Lipinski definition) is 4. The van der Waals surface area contributed by atoms with Gasteiger partial charge in [0.15, 0.2) is 9.84 Å². The van der Waals surface area contributed by atoms with E-state index in [0.29, 0.717) is 17.7 Å². The zero-order valence-electron chi connectivity index (χ0n) is 17.7. The Morgan fingerprint density at radius 3 is 1.91 bits per heavy atom. The minimum atomic E-state index is -6.03. The van der Waals surface area contributed by atoms with Crippen molar-refractivity contribution >= 4 is 15.7 Å². The monoisotopic (exact) mass is 509 g/mol. The normalized spacial score (nSPS) is 16.2. The Morgan fingerprint density at radius 1 is 0.971 bits per heavy atom. The van der Waals surface area contributed by atoms with Crippen molar-refractivity contribution in [3.05, 3.63) is 65.2 Å². The van der Waals surface area contributed by atoms with Gasteiger partial charge in [0, 0.05) is 11.1 Å². The van der Waals surface area contributed by atoms with Gasteiger partial charge in [-0.15, -0.1) is 0 Å². The smallest absolute Gasteiger partial charge is 0.369 e. The molecule has 3 rings (SSSR count). The second-order valence-corrected chi connectivity index (χ2v) is 10.3. The van der Waals surface area contributed by atoms with Crippen molar-refractivity contribution in [2.24, 2.45) is 5.92 Å². The zero-order valence-corrected chi connectivity index (χ0v) is 18.6. The van der Waals surface area contributed by atoms with E-state index in [0.717, 1.165) is 25.0 Å². The molecule has 0 saturated heterocycles. The van der Waals surface area contributed by atoms with Crippen LogP contribution >= 0.6 is 0 Å². The van der Waals surface area contributed by atoms with E-state index >= 15 is 0 Å². The molecule has 1 fully saturated rings. The molecule has 0 aromatic heterocycles. The van der Waals surface area contributed by atoms with E-state index in [1.807, 2.05) is 0 Å². The SMILES string of the molecule is C[C@H](NC(=O)c1ccc(C(O)(C(F)(F)F)C(F)(F)F)cc1)c1ccc(S(=O)(=O)CC2CC2)cc1. The van der Waals surface area contributed by atoms with E-state index in [1.54, 1.807) is 6.92 Å². The number of carbonyl (C=O) groups is 1. The average molecular weight is 509 g/mol.